The van der Waals surface area contributed by atoms with Crippen molar-refractivity contribution in [2.24, 2.45) is 7.05 Å². The number of para-hydroxylation sites is 1. The number of carboxylic acids is 1. The molecule has 326 valence electrons. The van der Waals surface area contributed by atoms with Gasteiger partial charge in [-0.1, -0.05) is 41.6 Å². The Labute approximate surface area is 360 Å². The highest BCUT2D eigenvalue weighted by molar-refractivity contribution is 7.89. The van der Waals surface area contributed by atoms with Crippen LogP contribution in [-0.2, 0) is 42.8 Å². The van der Waals surface area contributed by atoms with Crippen molar-refractivity contribution in [3.05, 3.63) is 106 Å². The predicted octanol–water partition coefficient (Wildman–Crippen LogP) is 4.02. The minimum absolute atomic E-state index is 0.00158. The number of imide groups is 2. The summed E-state index contributed by atoms with van der Waals surface area (Å²) in [7, 11) is -2.34. The summed E-state index contributed by atoms with van der Waals surface area (Å²) < 4.78 is 48.2. The SMILES string of the molecule is Cc1ccc(C(CC(=O)O)c2cc(OC(=O)CCCOc3cccc4c3C(=O)N(C3CCC(=O)NC3=O)C4=O)c3c(c2)nnn3C)cc1CN1C[C@@H](C)Oc2ccccc2S1(=O)=O. The Morgan fingerprint density at radius 3 is 2.56 bits per heavy atom. The minimum Gasteiger partial charge on any atom is -0.493 e. The van der Waals surface area contributed by atoms with Crippen molar-refractivity contribution in [3.8, 4) is 17.2 Å². The number of fused-ring (bicyclic) bond motifs is 3. The highest BCUT2D eigenvalue weighted by atomic mass is 32.2. The number of nitrogens with zero attached hydrogens (tertiary/aromatic N) is 5. The molecule has 4 heterocycles. The van der Waals surface area contributed by atoms with E-state index >= 15 is 0 Å². The van der Waals surface area contributed by atoms with Crippen molar-refractivity contribution >= 4 is 56.6 Å². The van der Waals surface area contributed by atoms with Gasteiger partial charge >= 0.3 is 11.9 Å². The highest BCUT2D eigenvalue weighted by Crippen LogP contribution is 2.38. The average molecular weight is 879 g/mol. The minimum atomic E-state index is -3.96. The topological polar surface area (TPSA) is 234 Å². The average Bonchev–Trinajstić information content (AvgIpc) is 3.71. The third-order valence-corrected chi connectivity index (χ3v) is 13.1. The van der Waals surface area contributed by atoms with E-state index in [0.29, 0.717) is 27.7 Å². The zero-order valence-electron chi connectivity index (χ0n) is 34.4. The summed E-state index contributed by atoms with van der Waals surface area (Å²) in [5, 5.41) is 20.6. The molecule has 0 spiro atoms. The van der Waals surface area contributed by atoms with Gasteiger partial charge in [-0.15, -0.1) is 5.10 Å². The first-order valence-corrected chi connectivity index (χ1v) is 21.6. The summed E-state index contributed by atoms with van der Waals surface area (Å²) in [4.78, 5) is 77.5. The number of nitrogens with one attached hydrogen (secondary N) is 1. The van der Waals surface area contributed by atoms with Crippen LogP contribution in [-0.4, -0.2) is 98.6 Å². The molecule has 18 nitrogen and oxygen atoms in total. The van der Waals surface area contributed by atoms with Gasteiger partial charge in [0.1, 0.15) is 39.6 Å². The second-order valence-electron chi connectivity index (χ2n) is 15.7. The molecule has 5 aromatic rings. The molecular formula is C44H42N6O12S. The number of carbonyl (C=O) groups is 6. The van der Waals surface area contributed by atoms with E-state index < -0.39 is 63.7 Å². The largest absolute Gasteiger partial charge is 0.493 e. The van der Waals surface area contributed by atoms with Crippen LogP contribution >= 0.6 is 0 Å². The molecule has 3 aliphatic heterocycles. The Bertz CT molecular complexity index is 2840. The third kappa shape index (κ3) is 8.36. The van der Waals surface area contributed by atoms with E-state index in [1.165, 1.54) is 33.3 Å². The van der Waals surface area contributed by atoms with Crippen LogP contribution in [0, 0.1) is 6.92 Å². The lowest BCUT2D eigenvalue weighted by molar-refractivity contribution is -0.138. The molecule has 0 aliphatic carbocycles. The molecule has 1 saturated heterocycles. The van der Waals surface area contributed by atoms with Gasteiger partial charge in [0.2, 0.25) is 21.8 Å². The maximum atomic E-state index is 13.9. The molecular weight excluding hydrogens is 837 g/mol. The second kappa shape index (κ2) is 17.1. The summed E-state index contributed by atoms with van der Waals surface area (Å²) in [6.07, 6.45) is -0.832. The van der Waals surface area contributed by atoms with Crippen LogP contribution in [0.4, 0.5) is 0 Å². The van der Waals surface area contributed by atoms with Crippen molar-refractivity contribution in [2.75, 3.05) is 13.2 Å². The highest BCUT2D eigenvalue weighted by Gasteiger charge is 2.46. The van der Waals surface area contributed by atoms with Crippen LogP contribution in [0.2, 0.25) is 0 Å². The maximum Gasteiger partial charge on any atom is 0.311 e. The molecule has 2 N–H and O–H groups in total. The molecule has 4 amide bonds. The molecule has 1 aromatic heterocycles. The van der Waals surface area contributed by atoms with Gasteiger partial charge in [0.25, 0.3) is 11.8 Å². The monoisotopic (exact) mass is 878 g/mol. The Morgan fingerprint density at radius 1 is 0.984 bits per heavy atom. The Kier molecular flexibility index (Phi) is 11.6. The van der Waals surface area contributed by atoms with Gasteiger partial charge in [-0.05, 0) is 85.3 Å². The molecule has 4 aromatic carbocycles. The fourth-order valence-electron chi connectivity index (χ4n) is 8.19. The number of aromatic nitrogens is 3. The molecule has 0 saturated carbocycles. The normalized spacial score (nSPS) is 18.9. The molecule has 0 bridgehead atoms. The second-order valence-corrected chi connectivity index (χ2v) is 17.6. The lowest BCUT2D eigenvalue weighted by atomic mass is 9.86. The lowest BCUT2D eigenvalue weighted by Crippen LogP contribution is -2.54. The van der Waals surface area contributed by atoms with E-state index in [-0.39, 0.29) is 85.1 Å². The molecule has 63 heavy (non-hydrogen) atoms. The molecule has 2 unspecified atom stereocenters. The van der Waals surface area contributed by atoms with Crippen molar-refractivity contribution in [1.29, 1.82) is 0 Å². The molecule has 3 atom stereocenters. The van der Waals surface area contributed by atoms with Crippen LogP contribution in [0.5, 0.6) is 17.2 Å². The van der Waals surface area contributed by atoms with Crippen molar-refractivity contribution in [2.45, 2.75) is 75.5 Å². The summed E-state index contributed by atoms with van der Waals surface area (Å²) >= 11 is 0. The summed E-state index contributed by atoms with van der Waals surface area (Å²) in [6.45, 7) is 3.68. The number of ether oxygens (including phenoxy) is 3. The number of amides is 4. The molecule has 0 radical (unpaired) electrons. The number of rotatable bonds is 13. The zero-order valence-corrected chi connectivity index (χ0v) is 35.2. The van der Waals surface area contributed by atoms with Crippen LogP contribution in [0.3, 0.4) is 0 Å². The number of benzene rings is 4. The quantitative estimate of drug-likeness (QED) is 0.0736. The number of aryl methyl sites for hydroxylation is 2. The Hall–Kier alpha value is -6.99. The zero-order chi connectivity index (χ0) is 44.7. The van der Waals surface area contributed by atoms with E-state index in [1.54, 1.807) is 56.4 Å². The van der Waals surface area contributed by atoms with Crippen LogP contribution < -0.4 is 19.5 Å². The smallest absolute Gasteiger partial charge is 0.311 e. The fourth-order valence-corrected chi connectivity index (χ4v) is 9.80. The van der Waals surface area contributed by atoms with Crippen molar-refractivity contribution in [1.82, 2.24) is 29.5 Å². The van der Waals surface area contributed by atoms with Gasteiger partial charge in [0.15, 0.2) is 5.75 Å². The number of sulfonamides is 1. The first-order chi connectivity index (χ1) is 30.1. The first-order valence-electron chi connectivity index (χ1n) is 20.2. The number of carbonyl (C=O) groups excluding carboxylic acids is 5. The summed E-state index contributed by atoms with van der Waals surface area (Å²) in [6, 6.07) is 18.5. The maximum absolute atomic E-state index is 13.9. The van der Waals surface area contributed by atoms with Gasteiger partial charge in [-0.25, -0.2) is 13.1 Å². The number of aliphatic carboxylic acids is 1. The van der Waals surface area contributed by atoms with Gasteiger partial charge in [-0.3, -0.25) is 39.0 Å². The standard InChI is InChI=1S/C44H42N6O12S/c1-24-13-14-26(18-28(24)23-49-22-25(2)61-33-9-4-5-11-36(33)63(49,58)59)30(21-38(52)53)27-19-31-41(48(3)47-46-31)35(20-27)62-39(54)12-7-17-60-34-10-6-8-29-40(34)44(57)50(43(29)56)32-15-16-37(51)45-42(32)55/h4-6,8-11,13-14,18-20,25,30,32H,7,12,15-17,21-23H2,1-3H3,(H,52,53)(H,45,51,55)/t25-,30?,32?/m1/s1. The van der Waals surface area contributed by atoms with E-state index in [9.17, 15) is 42.3 Å². The molecule has 19 heteroatoms. The van der Waals surface area contributed by atoms with Gasteiger partial charge in [0.05, 0.1) is 30.7 Å². The lowest BCUT2D eigenvalue weighted by Gasteiger charge is -2.27. The van der Waals surface area contributed by atoms with E-state index in [0.717, 1.165) is 10.5 Å². The number of hydrogen-bond acceptors (Lipinski definition) is 13. The van der Waals surface area contributed by atoms with E-state index in [2.05, 4.69) is 15.6 Å². The number of esters is 1. The van der Waals surface area contributed by atoms with Gasteiger partial charge < -0.3 is 19.3 Å². The van der Waals surface area contributed by atoms with Crippen molar-refractivity contribution in [3.63, 3.8) is 0 Å². The van der Waals surface area contributed by atoms with Crippen molar-refractivity contribution < 1.29 is 56.5 Å². The predicted molar refractivity (Wildman–Crippen MR) is 221 cm³/mol. The molecule has 8 rings (SSSR count). The third-order valence-electron chi connectivity index (χ3n) is 11.3. The van der Waals surface area contributed by atoms with Crippen LogP contribution in [0.25, 0.3) is 11.0 Å². The molecule has 1 fully saturated rings. The fraction of sp³-hybridized carbons (Fsp3) is 0.318. The number of piperidine rings is 1. The number of carboxylic acid groups (broad SMARTS) is 1. The first kappa shape index (κ1) is 42.7. The van der Waals surface area contributed by atoms with Crippen LogP contribution in [0.1, 0.15) is 87.9 Å². The molecule has 3 aliphatic rings. The number of hydrogen-bond donors (Lipinski definition) is 2. The Balaban J connectivity index is 0.990. The summed E-state index contributed by atoms with van der Waals surface area (Å²) in [5.41, 5.74) is 3.27. The van der Waals surface area contributed by atoms with Gasteiger partial charge in [-0.2, -0.15) is 4.31 Å². The summed E-state index contributed by atoms with van der Waals surface area (Å²) in [5.74, 6) is -4.70. The van der Waals surface area contributed by atoms with E-state index in [4.69, 9.17) is 14.2 Å². The Morgan fingerprint density at radius 2 is 1.78 bits per heavy atom. The van der Waals surface area contributed by atoms with E-state index in [1.807, 2.05) is 13.0 Å². The van der Waals surface area contributed by atoms with Gasteiger partial charge in [0, 0.05) is 32.4 Å². The van der Waals surface area contributed by atoms with Crippen LogP contribution in [0.15, 0.2) is 77.7 Å².